The zero-order chi connectivity index (χ0) is 21.5. The fraction of sp³-hybridized carbons (Fsp3) is 0.500. The van der Waals surface area contributed by atoms with E-state index >= 15 is 0 Å². The highest BCUT2D eigenvalue weighted by atomic mass is 16.5. The highest BCUT2D eigenvalue weighted by molar-refractivity contribution is 5.73. The van der Waals surface area contributed by atoms with Gasteiger partial charge in [-0.15, -0.1) is 0 Å². The van der Waals surface area contributed by atoms with Crippen molar-refractivity contribution in [2.75, 3.05) is 19.8 Å². The molecule has 5 atom stereocenters. The minimum absolute atomic E-state index is 0.0747. The molecule has 3 aliphatic rings. The molecule has 2 N–H and O–H groups in total. The molecule has 0 aromatic heterocycles. The van der Waals surface area contributed by atoms with Gasteiger partial charge < -0.3 is 19.7 Å². The van der Waals surface area contributed by atoms with Crippen molar-refractivity contribution in [3.63, 3.8) is 0 Å². The Morgan fingerprint density at radius 3 is 2.52 bits per heavy atom. The van der Waals surface area contributed by atoms with E-state index < -0.39 is 5.97 Å². The molecule has 0 amide bonds. The van der Waals surface area contributed by atoms with Crippen LogP contribution in [0, 0.1) is 23.2 Å². The maximum atomic E-state index is 11.1. The van der Waals surface area contributed by atoms with Gasteiger partial charge in [0, 0.05) is 5.41 Å². The third kappa shape index (κ3) is 3.64. The minimum atomic E-state index is -0.720. The smallest absolute Gasteiger partial charge is 0.306 e. The number of aliphatic carboxylic acids is 1. The second-order valence-corrected chi connectivity index (χ2v) is 9.67. The molecule has 0 aliphatic heterocycles. The summed E-state index contributed by atoms with van der Waals surface area (Å²) in [7, 11) is 0. The predicted octanol–water partition coefficient (Wildman–Crippen LogP) is 4.64. The number of carboxylic acids is 1. The summed E-state index contributed by atoms with van der Waals surface area (Å²) in [6.45, 7) is 1.12. The Bertz CT molecular complexity index is 944. The van der Waals surface area contributed by atoms with Gasteiger partial charge in [-0.25, -0.2) is 0 Å². The third-order valence-electron chi connectivity index (χ3n) is 8.02. The van der Waals surface area contributed by atoms with Gasteiger partial charge in [0.25, 0.3) is 0 Å². The SMILES string of the molecule is O=C(O)C1CC1COCC1(CO)CCC2(c3cccc(Oc4ccccc4)c3)CCC12. The van der Waals surface area contributed by atoms with Crippen LogP contribution in [0.15, 0.2) is 54.6 Å². The van der Waals surface area contributed by atoms with Gasteiger partial charge in [-0.3, -0.25) is 4.79 Å². The zero-order valence-electron chi connectivity index (χ0n) is 17.7. The van der Waals surface area contributed by atoms with E-state index in [0.717, 1.165) is 37.2 Å². The fourth-order valence-corrected chi connectivity index (χ4v) is 6.01. The predicted molar refractivity (Wildman–Crippen MR) is 116 cm³/mol. The van der Waals surface area contributed by atoms with Crippen LogP contribution in [0.5, 0.6) is 11.5 Å². The van der Waals surface area contributed by atoms with Crippen LogP contribution >= 0.6 is 0 Å². The lowest BCUT2D eigenvalue weighted by Crippen LogP contribution is -2.49. The molecule has 31 heavy (non-hydrogen) atoms. The molecule has 0 bridgehead atoms. The van der Waals surface area contributed by atoms with Crippen molar-refractivity contribution in [1.29, 1.82) is 0 Å². The van der Waals surface area contributed by atoms with E-state index in [1.165, 1.54) is 5.56 Å². The Balaban J connectivity index is 1.28. The highest BCUT2D eigenvalue weighted by Gasteiger charge is 2.62. The molecular weight excluding hydrogens is 392 g/mol. The van der Waals surface area contributed by atoms with Gasteiger partial charge >= 0.3 is 5.97 Å². The van der Waals surface area contributed by atoms with E-state index in [-0.39, 0.29) is 29.3 Å². The zero-order valence-corrected chi connectivity index (χ0v) is 17.7. The molecule has 0 radical (unpaired) electrons. The Morgan fingerprint density at radius 1 is 1.03 bits per heavy atom. The molecule has 3 saturated carbocycles. The third-order valence-corrected chi connectivity index (χ3v) is 8.02. The van der Waals surface area contributed by atoms with Crippen molar-refractivity contribution in [2.45, 2.75) is 37.5 Å². The van der Waals surface area contributed by atoms with Gasteiger partial charge in [-0.1, -0.05) is 30.3 Å². The van der Waals surface area contributed by atoms with Crippen molar-refractivity contribution in [2.24, 2.45) is 23.2 Å². The first-order valence-electron chi connectivity index (χ1n) is 11.3. The van der Waals surface area contributed by atoms with E-state index in [9.17, 15) is 9.90 Å². The summed E-state index contributed by atoms with van der Waals surface area (Å²) in [6, 6.07) is 18.2. The summed E-state index contributed by atoms with van der Waals surface area (Å²) in [4.78, 5) is 11.1. The number of aliphatic hydroxyl groups is 1. The topological polar surface area (TPSA) is 76.0 Å². The maximum Gasteiger partial charge on any atom is 0.306 e. The van der Waals surface area contributed by atoms with Crippen LogP contribution in [-0.2, 0) is 14.9 Å². The van der Waals surface area contributed by atoms with Crippen LogP contribution in [0.3, 0.4) is 0 Å². The molecule has 5 heteroatoms. The van der Waals surface area contributed by atoms with E-state index in [4.69, 9.17) is 14.6 Å². The molecule has 0 heterocycles. The van der Waals surface area contributed by atoms with Crippen LogP contribution in [0.1, 0.15) is 37.7 Å². The van der Waals surface area contributed by atoms with E-state index in [0.29, 0.717) is 25.6 Å². The molecule has 3 aliphatic carbocycles. The molecule has 0 saturated heterocycles. The van der Waals surface area contributed by atoms with Gasteiger partial charge in [0.05, 0.1) is 25.7 Å². The number of rotatable bonds is 9. The van der Waals surface area contributed by atoms with Crippen molar-refractivity contribution in [1.82, 2.24) is 0 Å². The molecule has 2 aromatic carbocycles. The number of fused-ring (bicyclic) bond motifs is 1. The lowest BCUT2D eigenvalue weighted by atomic mass is 9.53. The minimum Gasteiger partial charge on any atom is -0.481 e. The van der Waals surface area contributed by atoms with Gasteiger partial charge in [0.1, 0.15) is 11.5 Å². The second-order valence-electron chi connectivity index (χ2n) is 9.67. The Labute approximate surface area is 183 Å². The summed E-state index contributed by atoms with van der Waals surface area (Å²) in [6.07, 6.45) is 4.90. The number of para-hydroxylation sites is 1. The van der Waals surface area contributed by atoms with Crippen LogP contribution < -0.4 is 4.74 Å². The van der Waals surface area contributed by atoms with Crippen molar-refractivity contribution < 1.29 is 24.5 Å². The van der Waals surface area contributed by atoms with Crippen LogP contribution in [0.25, 0.3) is 0 Å². The average molecular weight is 423 g/mol. The Kier molecular flexibility index (Phi) is 5.27. The number of benzene rings is 2. The van der Waals surface area contributed by atoms with E-state index in [1.54, 1.807) is 0 Å². The summed E-state index contributed by atoms with van der Waals surface area (Å²) >= 11 is 0. The Hall–Kier alpha value is -2.37. The molecule has 5 unspecified atom stereocenters. The first kappa shape index (κ1) is 20.5. The average Bonchev–Trinajstić information content (AvgIpc) is 3.50. The van der Waals surface area contributed by atoms with Gasteiger partial charge in [-0.2, -0.15) is 0 Å². The number of ether oxygens (including phenoxy) is 2. The normalized spacial score (nSPS) is 33.4. The Morgan fingerprint density at radius 2 is 1.84 bits per heavy atom. The first-order chi connectivity index (χ1) is 15.1. The van der Waals surface area contributed by atoms with Gasteiger partial charge in [-0.05, 0) is 79.2 Å². The number of hydrogen-bond acceptors (Lipinski definition) is 4. The number of carboxylic acid groups (broad SMARTS) is 1. The molecule has 164 valence electrons. The monoisotopic (exact) mass is 422 g/mol. The fourth-order valence-electron chi connectivity index (χ4n) is 6.01. The molecule has 5 nitrogen and oxygen atoms in total. The maximum absolute atomic E-state index is 11.1. The van der Waals surface area contributed by atoms with Crippen molar-refractivity contribution in [3.05, 3.63) is 60.2 Å². The van der Waals surface area contributed by atoms with Crippen LogP contribution in [-0.4, -0.2) is 36.0 Å². The molecule has 3 fully saturated rings. The van der Waals surface area contributed by atoms with Crippen LogP contribution in [0.4, 0.5) is 0 Å². The van der Waals surface area contributed by atoms with Crippen LogP contribution in [0.2, 0.25) is 0 Å². The number of carbonyl (C=O) groups is 1. The van der Waals surface area contributed by atoms with Gasteiger partial charge in [0.15, 0.2) is 0 Å². The van der Waals surface area contributed by atoms with Gasteiger partial charge in [0.2, 0.25) is 0 Å². The largest absolute Gasteiger partial charge is 0.481 e. The molecule has 2 aromatic rings. The summed E-state index contributed by atoms with van der Waals surface area (Å²) in [5, 5.41) is 19.5. The van der Waals surface area contributed by atoms with E-state index in [2.05, 4.69) is 18.2 Å². The number of aliphatic hydroxyl groups excluding tert-OH is 1. The molecular formula is C26H30O5. The quantitative estimate of drug-likeness (QED) is 0.616. The van der Waals surface area contributed by atoms with Crippen molar-refractivity contribution >= 4 is 5.97 Å². The molecule has 0 spiro atoms. The summed E-state index contributed by atoms with van der Waals surface area (Å²) < 4.78 is 12.1. The molecule has 5 rings (SSSR count). The lowest BCUT2D eigenvalue weighted by Gasteiger charge is -2.51. The highest BCUT2D eigenvalue weighted by Crippen LogP contribution is 2.66. The second kappa shape index (κ2) is 7.95. The summed E-state index contributed by atoms with van der Waals surface area (Å²) in [5.41, 5.74) is 1.13. The standard InChI is InChI=1S/C26H30O5/c27-16-25(17-30-15-18-13-22(18)24(28)29)11-12-26(10-9-23(25)26)19-5-4-8-21(14-19)31-20-6-2-1-3-7-20/h1-8,14,18,22-23,27H,9-13,15-17H2,(H,28,29). The summed E-state index contributed by atoms with van der Waals surface area (Å²) in [5.74, 6) is 1.21. The first-order valence-corrected chi connectivity index (χ1v) is 11.3. The lowest BCUT2D eigenvalue weighted by molar-refractivity contribution is -0.139. The van der Waals surface area contributed by atoms with Crippen molar-refractivity contribution in [3.8, 4) is 11.5 Å². The number of hydrogen-bond donors (Lipinski definition) is 2. The van der Waals surface area contributed by atoms with E-state index in [1.807, 2.05) is 36.4 Å².